The van der Waals surface area contributed by atoms with Crippen molar-refractivity contribution < 1.29 is 0 Å². The summed E-state index contributed by atoms with van der Waals surface area (Å²) < 4.78 is 0. The van der Waals surface area contributed by atoms with Gasteiger partial charge in [0.2, 0.25) is 0 Å². The lowest BCUT2D eigenvalue weighted by atomic mass is 9.88. The topological polar surface area (TPSA) is 0 Å². The molecule has 0 unspecified atom stereocenters. The number of fused-ring (bicyclic) bond motifs is 2. The zero-order valence-electron chi connectivity index (χ0n) is 18.8. The molecule has 4 rings (SSSR count). The average Bonchev–Trinajstić information content (AvgIpc) is 3.08. The van der Waals surface area contributed by atoms with E-state index in [1.807, 2.05) is 0 Å². The normalized spacial score (nSPS) is 12.5. The minimum Gasteiger partial charge on any atom is -0.0787 e. The Bertz CT molecular complexity index is 1070. The third-order valence-corrected chi connectivity index (χ3v) is 6.47. The fraction of sp³-hybridized carbons (Fsp3) is 0.276. The van der Waals surface area contributed by atoms with Crippen LogP contribution < -0.4 is 0 Å². The van der Waals surface area contributed by atoms with Crippen molar-refractivity contribution in [3.63, 3.8) is 0 Å². The Morgan fingerprint density at radius 1 is 0.500 bits per heavy atom. The van der Waals surface area contributed by atoms with Crippen LogP contribution in [0.25, 0.3) is 22.3 Å². The van der Waals surface area contributed by atoms with Crippen LogP contribution in [-0.4, -0.2) is 4.86 Å². The molecule has 0 aromatic heterocycles. The zero-order chi connectivity index (χ0) is 21.7. The lowest BCUT2D eigenvalue weighted by molar-refractivity contribution is 0.590. The molecular weight excluding hydrogens is 380 g/mol. The van der Waals surface area contributed by atoms with E-state index in [0.717, 1.165) is 16.0 Å². The molecule has 0 amide bonds. The van der Waals surface area contributed by atoms with E-state index in [1.165, 1.54) is 33.4 Å². The van der Waals surface area contributed by atoms with Crippen LogP contribution >= 0.6 is 12.2 Å². The molecule has 0 heterocycles. The summed E-state index contributed by atoms with van der Waals surface area (Å²) in [6.45, 7) is 13.5. The van der Waals surface area contributed by atoms with Gasteiger partial charge in [-0.25, -0.2) is 0 Å². The fourth-order valence-electron chi connectivity index (χ4n) is 4.04. The number of hydrogen-bond donors (Lipinski definition) is 0. The molecule has 4 aliphatic rings. The van der Waals surface area contributed by atoms with Crippen LogP contribution in [0.15, 0.2) is 72.8 Å². The summed E-state index contributed by atoms with van der Waals surface area (Å²) in [4.78, 5) is 0.923. The minimum absolute atomic E-state index is 0.124. The Balaban J connectivity index is 1.79. The van der Waals surface area contributed by atoms with Gasteiger partial charge in [-0.15, -0.1) is 0 Å². The number of thiocarbonyl (C=S) groups is 1. The largest absolute Gasteiger partial charge is 0.0787 e. The highest BCUT2D eigenvalue weighted by atomic mass is 32.1. The van der Waals surface area contributed by atoms with Crippen LogP contribution in [0.4, 0.5) is 0 Å². The summed E-state index contributed by atoms with van der Waals surface area (Å²) in [5.41, 5.74) is 10.1. The molecule has 0 nitrogen and oxygen atoms in total. The van der Waals surface area contributed by atoms with Gasteiger partial charge in [-0.05, 0) is 44.2 Å². The van der Waals surface area contributed by atoms with Gasteiger partial charge in [-0.3, -0.25) is 0 Å². The molecule has 0 N–H and O–H groups in total. The highest BCUT2D eigenvalue weighted by molar-refractivity contribution is 7.81. The molecule has 152 valence electrons. The smallest absolute Gasteiger partial charge is 0.0534 e. The van der Waals surface area contributed by atoms with Crippen LogP contribution in [0.1, 0.15) is 63.8 Å². The van der Waals surface area contributed by atoms with Crippen molar-refractivity contribution in [3.8, 4) is 22.3 Å². The summed E-state index contributed by atoms with van der Waals surface area (Å²) in [6, 6.07) is 26.6. The van der Waals surface area contributed by atoms with E-state index in [4.69, 9.17) is 12.2 Å². The van der Waals surface area contributed by atoms with E-state index in [0.29, 0.717) is 0 Å². The van der Waals surface area contributed by atoms with Crippen molar-refractivity contribution in [2.45, 2.75) is 52.4 Å². The maximum absolute atomic E-state index is 6.03. The third-order valence-electron chi connectivity index (χ3n) is 6.03. The van der Waals surface area contributed by atoms with Gasteiger partial charge in [0.25, 0.3) is 0 Å². The predicted molar refractivity (Wildman–Crippen MR) is 134 cm³/mol. The highest BCUT2D eigenvalue weighted by Crippen LogP contribution is 2.36. The Labute approximate surface area is 186 Å². The van der Waals surface area contributed by atoms with E-state index in [-0.39, 0.29) is 10.8 Å². The van der Waals surface area contributed by atoms with Gasteiger partial charge in [-0.1, -0.05) is 127 Å². The molecule has 4 aliphatic carbocycles. The summed E-state index contributed by atoms with van der Waals surface area (Å²) in [5.74, 6) is 0. The first-order valence-electron chi connectivity index (χ1n) is 10.7. The summed E-state index contributed by atoms with van der Waals surface area (Å²) in [6.07, 6.45) is 0. The third kappa shape index (κ3) is 3.79. The molecule has 0 spiro atoms. The van der Waals surface area contributed by atoms with Gasteiger partial charge in [0.15, 0.2) is 0 Å². The lowest BCUT2D eigenvalue weighted by Gasteiger charge is -2.17. The van der Waals surface area contributed by atoms with E-state index < -0.39 is 0 Å². The van der Waals surface area contributed by atoms with E-state index >= 15 is 0 Å². The molecule has 0 saturated heterocycles. The van der Waals surface area contributed by atoms with Crippen LogP contribution in [0.2, 0.25) is 0 Å². The average molecular weight is 411 g/mol. The number of hydrogen-bond acceptors (Lipinski definition) is 1. The van der Waals surface area contributed by atoms with Crippen LogP contribution in [0.3, 0.4) is 0 Å². The molecule has 0 bridgehead atoms. The van der Waals surface area contributed by atoms with Gasteiger partial charge in [0.1, 0.15) is 0 Å². The molecule has 0 saturated carbocycles. The van der Waals surface area contributed by atoms with Crippen molar-refractivity contribution >= 4 is 17.1 Å². The quantitative estimate of drug-likeness (QED) is 0.237. The van der Waals surface area contributed by atoms with Gasteiger partial charge in [0, 0.05) is 11.1 Å². The zero-order valence-corrected chi connectivity index (χ0v) is 19.7. The van der Waals surface area contributed by atoms with Crippen LogP contribution in [-0.2, 0) is 10.8 Å². The molecular formula is C29H30S. The van der Waals surface area contributed by atoms with Crippen molar-refractivity contribution in [2.24, 2.45) is 0 Å². The maximum Gasteiger partial charge on any atom is 0.0534 e. The molecule has 30 heavy (non-hydrogen) atoms. The van der Waals surface area contributed by atoms with Crippen molar-refractivity contribution in [1.82, 2.24) is 0 Å². The first kappa shape index (κ1) is 20.8. The Morgan fingerprint density at radius 3 is 1.20 bits per heavy atom. The summed E-state index contributed by atoms with van der Waals surface area (Å²) >= 11 is 6.03. The molecule has 0 fully saturated rings. The van der Waals surface area contributed by atoms with E-state index in [2.05, 4.69) is 114 Å². The Hall–Kier alpha value is -2.51. The second-order valence-electron chi connectivity index (χ2n) is 10.3. The molecule has 0 aromatic carbocycles. The standard InChI is InChI=1S/C29H30S/c1-28(2,3)21-11-7-19-9-15-25(23(19)17-13-21)27(30)26-16-10-20-8-12-22(29(4,5)6)14-18-24(20)26/h7-18H,1-6H3. The molecule has 0 radical (unpaired) electrons. The molecule has 0 aromatic rings. The van der Waals surface area contributed by atoms with E-state index in [1.54, 1.807) is 0 Å². The highest BCUT2D eigenvalue weighted by Gasteiger charge is 2.20. The first-order chi connectivity index (χ1) is 14.1. The van der Waals surface area contributed by atoms with Crippen molar-refractivity contribution in [3.05, 3.63) is 95.1 Å². The Morgan fingerprint density at radius 2 is 0.833 bits per heavy atom. The minimum atomic E-state index is 0.124. The maximum atomic E-state index is 6.03. The summed E-state index contributed by atoms with van der Waals surface area (Å²) in [5, 5.41) is 0. The molecule has 0 aliphatic heterocycles. The van der Waals surface area contributed by atoms with Crippen molar-refractivity contribution in [1.29, 1.82) is 0 Å². The summed E-state index contributed by atoms with van der Waals surface area (Å²) in [7, 11) is 0. The fourth-order valence-corrected chi connectivity index (χ4v) is 4.39. The predicted octanol–water partition coefficient (Wildman–Crippen LogP) is 8.26. The number of rotatable bonds is 2. The van der Waals surface area contributed by atoms with Gasteiger partial charge in [0.05, 0.1) is 4.86 Å². The molecule has 1 heteroatoms. The van der Waals surface area contributed by atoms with Gasteiger partial charge < -0.3 is 0 Å². The van der Waals surface area contributed by atoms with Crippen LogP contribution in [0.5, 0.6) is 0 Å². The lowest BCUT2D eigenvalue weighted by Crippen LogP contribution is -2.09. The van der Waals surface area contributed by atoms with E-state index in [9.17, 15) is 0 Å². The monoisotopic (exact) mass is 410 g/mol. The second-order valence-corrected chi connectivity index (χ2v) is 10.7. The first-order valence-corrected chi connectivity index (χ1v) is 11.1. The van der Waals surface area contributed by atoms with Crippen LogP contribution in [0, 0.1) is 0 Å². The van der Waals surface area contributed by atoms with Gasteiger partial charge >= 0.3 is 0 Å². The van der Waals surface area contributed by atoms with Gasteiger partial charge in [-0.2, -0.15) is 0 Å². The SMILES string of the molecule is CC(C)(C)c1ccc2ccc(C(=S)c3ccc4ccc(C(C)(C)C)ccc3-4)c-2cc1. The van der Waals surface area contributed by atoms with Crippen molar-refractivity contribution in [2.75, 3.05) is 0 Å². The Kier molecular flexibility index (Phi) is 5.06. The molecule has 0 atom stereocenters. The second kappa shape index (κ2) is 7.32.